The molecule has 2 aromatic carbocycles. The van der Waals surface area contributed by atoms with Crippen LogP contribution in [0.1, 0.15) is 18.1 Å². The summed E-state index contributed by atoms with van der Waals surface area (Å²) >= 11 is 0. The monoisotopic (exact) mass is 317 g/mol. The molecule has 0 aromatic heterocycles. The maximum Gasteiger partial charge on any atom is 0.181 e. The molecule has 0 atom stereocenters. The molecule has 0 saturated heterocycles. The van der Waals surface area contributed by atoms with Gasteiger partial charge in [0.1, 0.15) is 17.3 Å². The van der Waals surface area contributed by atoms with Gasteiger partial charge in [0.15, 0.2) is 9.84 Å². The lowest BCUT2D eigenvalue weighted by molar-refractivity contribution is 0.298. The van der Waals surface area contributed by atoms with Crippen LogP contribution >= 0.6 is 0 Å². The summed E-state index contributed by atoms with van der Waals surface area (Å²) in [6.45, 7) is 2.13. The van der Waals surface area contributed by atoms with Gasteiger partial charge in [0.25, 0.3) is 0 Å². The zero-order chi connectivity index (χ0) is 16.2. The lowest BCUT2D eigenvalue weighted by atomic mass is 10.1. The first-order valence-corrected chi connectivity index (χ1v) is 8.74. The molecule has 0 spiro atoms. The number of hydrogen-bond acceptors (Lipinski definition) is 4. The summed E-state index contributed by atoms with van der Waals surface area (Å²) in [6.07, 6.45) is 4.71. The lowest BCUT2D eigenvalue weighted by Crippen LogP contribution is -2.08. The summed E-state index contributed by atoms with van der Waals surface area (Å²) in [5.74, 6) is 0.275. The molecule has 2 aromatic rings. The van der Waals surface area contributed by atoms with Crippen molar-refractivity contribution in [1.29, 1.82) is 0 Å². The number of allylic oxidation sites excluding steroid dienone is 1. The molecule has 0 aliphatic heterocycles. The number of ether oxygens (including phenoxy) is 1. The lowest BCUT2D eigenvalue weighted by Gasteiger charge is -2.14. The Balaban J connectivity index is 2.41. The third-order valence-electron chi connectivity index (χ3n) is 3.15. The molecular formula is C17H19NO3S. The van der Waals surface area contributed by atoms with E-state index in [0.29, 0.717) is 5.56 Å². The first-order chi connectivity index (χ1) is 10.4. The van der Waals surface area contributed by atoms with Gasteiger partial charge in [0.2, 0.25) is 0 Å². The van der Waals surface area contributed by atoms with Gasteiger partial charge in [-0.2, -0.15) is 0 Å². The van der Waals surface area contributed by atoms with Gasteiger partial charge in [-0.05, 0) is 30.2 Å². The number of anilines is 1. The minimum absolute atomic E-state index is 0.0408. The van der Waals surface area contributed by atoms with E-state index in [1.165, 1.54) is 0 Å². The fraction of sp³-hybridized carbons (Fsp3) is 0.176. The number of sulfone groups is 1. The second-order valence-corrected chi connectivity index (χ2v) is 6.89. The minimum Gasteiger partial charge on any atom is -0.487 e. The molecule has 0 saturated carbocycles. The van der Waals surface area contributed by atoms with Crippen molar-refractivity contribution in [2.75, 3.05) is 12.0 Å². The van der Waals surface area contributed by atoms with Crippen LogP contribution in [0.3, 0.4) is 0 Å². The summed E-state index contributed by atoms with van der Waals surface area (Å²) in [7, 11) is -3.49. The molecular weight excluding hydrogens is 298 g/mol. The molecule has 0 heterocycles. The number of nitrogens with two attached hydrogens (primary N) is 1. The Hall–Kier alpha value is -2.27. The van der Waals surface area contributed by atoms with Crippen molar-refractivity contribution < 1.29 is 13.2 Å². The Labute approximate surface area is 131 Å². The van der Waals surface area contributed by atoms with Gasteiger partial charge in [-0.25, -0.2) is 8.42 Å². The zero-order valence-electron chi connectivity index (χ0n) is 12.6. The van der Waals surface area contributed by atoms with E-state index in [1.54, 1.807) is 18.2 Å². The highest BCUT2D eigenvalue weighted by molar-refractivity contribution is 7.91. The summed E-state index contributed by atoms with van der Waals surface area (Å²) in [4.78, 5) is 0.0408. The predicted octanol–water partition coefficient (Wildman–Crippen LogP) is 3.28. The third kappa shape index (κ3) is 3.68. The molecule has 2 rings (SSSR count). The van der Waals surface area contributed by atoms with E-state index >= 15 is 0 Å². The highest BCUT2D eigenvalue weighted by Gasteiger charge is 2.20. The van der Waals surface area contributed by atoms with Crippen molar-refractivity contribution in [1.82, 2.24) is 0 Å². The number of rotatable bonds is 5. The molecule has 0 aliphatic rings. The smallest absolute Gasteiger partial charge is 0.181 e. The number of benzene rings is 2. The van der Waals surface area contributed by atoms with Crippen molar-refractivity contribution in [2.24, 2.45) is 0 Å². The molecule has 0 unspecified atom stereocenters. The molecule has 0 amide bonds. The van der Waals surface area contributed by atoms with E-state index in [1.807, 2.05) is 43.3 Å². The second-order valence-electron chi connectivity index (χ2n) is 4.94. The fourth-order valence-corrected chi connectivity index (χ4v) is 3.16. The molecule has 5 heteroatoms. The summed E-state index contributed by atoms with van der Waals surface area (Å²) in [5, 5.41) is 0. The first kappa shape index (κ1) is 16.1. The van der Waals surface area contributed by atoms with Gasteiger partial charge in [-0.15, -0.1) is 0 Å². The second kappa shape index (κ2) is 6.66. The average Bonchev–Trinajstić information content (AvgIpc) is 2.47. The van der Waals surface area contributed by atoms with Crippen LogP contribution in [0.15, 0.2) is 53.4 Å². The van der Waals surface area contributed by atoms with Crippen LogP contribution in [0.4, 0.5) is 5.69 Å². The van der Waals surface area contributed by atoms with Crippen molar-refractivity contribution in [2.45, 2.75) is 18.4 Å². The minimum atomic E-state index is -3.49. The molecule has 0 radical (unpaired) electrons. The maximum absolute atomic E-state index is 12.1. The molecule has 0 bridgehead atoms. The van der Waals surface area contributed by atoms with Crippen LogP contribution in [0.5, 0.6) is 5.75 Å². The highest BCUT2D eigenvalue weighted by Crippen LogP contribution is 2.33. The van der Waals surface area contributed by atoms with Gasteiger partial charge in [-0.3, -0.25) is 0 Å². The van der Waals surface area contributed by atoms with Gasteiger partial charge in [0, 0.05) is 6.26 Å². The highest BCUT2D eigenvalue weighted by atomic mass is 32.2. The van der Waals surface area contributed by atoms with Crippen molar-refractivity contribution in [3.8, 4) is 5.75 Å². The van der Waals surface area contributed by atoms with Crippen LogP contribution in [0, 0.1) is 0 Å². The van der Waals surface area contributed by atoms with Crippen LogP contribution < -0.4 is 10.5 Å². The fourth-order valence-electron chi connectivity index (χ4n) is 2.15. The standard InChI is InChI=1S/C17H19NO3S/c1-3-7-14-10-11-15(17(16(14)18)22(2,19)20)21-12-13-8-5-4-6-9-13/h3-11H,12,18H2,1-2H3. The van der Waals surface area contributed by atoms with Crippen LogP contribution in [-0.4, -0.2) is 14.7 Å². The SMILES string of the molecule is CC=Cc1ccc(OCc2ccccc2)c(S(C)(=O)=O)c1N. The van der Waals surface area contributed by atoms with E-state index in [9.17, 15) is 8.42 Å². The molecule has 4 nitrogen and oxygen atoms in total. The summed E-state index contributed by atoms with van der Waals surface area (Å²) in [6, 6.07) is 12.9. The van der Waals surface area contributed by atoms with Crippen molar-refractivity contribution in [3.63, 3.8) is 0 Å². The van der Waals surface area contributed by atoms with Crippen molar-refractivity contribution >= 4 is 21.6 Å². The molecule has 2 N–H and O–H groups in total. The summed E-state index contributed by atoms with van der Waals surface area (Å²) < 4.78 is 29.8. The van der Waals surface area contributed by atoms with Gasteiger partial charge < -0.3 is 10.5 Å². The Morgan fingerprint density at radius 1 is 1.14 bits per heavy atom. The van der Waals surface area contributed by atoms with E-state index in [-0.39, 0.29) is 22.9 Å². The number of hydrogen-bond donors (Lipinski definition) is 1. The Morgan fingerprint density at radius 3 is 2.41 bits per heavy atom. The maximum atomic E-state index is 12.1. The van der Waals surface area contributed by atoms with E-state index in [0.717, 1.165) is 11.8 Å². The third-order valence-corrected chi connectivity index (χ3v) is 4.31. The Kier molecular flexibility index (Phi) is 4.88. The van der Waals surface area contributed by atoms with Gasteiger partial charge >= 0.3 is 0 Å². The van der Waals surface area contributed by atoms with Gasteiger partial charge in [0.05, 0.1) is 5.69 Å². The van der Waals surface area contributed by atoms with E-state index in [4.69, 9.17) is 10.5 Å². The summed E-state index contributed by atoms with van der Waals surface area (Å²) in [5.41, 5.74) is 7.85. The van der Waals surface area contributed by atoms with Gasteiger partial charge in [-0.1, -0.05) is 42.5 Å². The molecule has 22 heavy (non-hydrogen) atoms. The molecule has 0 fully saturated rings. The van der Waals surface area contributed by atoms with Crippen molar-refractivity contribution in [3.05, 3.63) is 59.7 Å². The number of nitrogen functional groups attached to an aromatic ring is 1. The quantitative estimate of drug-likeness (QED) is 0.859. The van der Waals surface area contributed by atoms with Crippen LogP contribution in [0.25, 0.3) is 6.08 Å². The van der Waals surface area contributed by atoms with Crippen LogP contribution in [-0.2, 0) is 16.4 Å². The zero-order valence-corrected chi connectivity index (χ0v) is 13.4. The van der Waals surface area contributed by atoms with Crippen LogP contribution in [0.2, 0.25) is 0 Å². The van der Waals surface area contributed by atoms with E-state index in [2.05, 4.69) is 0 Å². The Bertz CT molecular complexity index is 781. The Morgan fingerprint density at radius 2 is 1.82 bits per heavy atom. The topological polar surface area (TPSA) is 69.4 Å². The predicted molar refractivity (Wildman–Crippen MR) is 89.4 cm³/mol. The molecule has 116 valence electrons. The normalized spacial score (nSPS) is 11.7. The molecule has 0 aliphatic carbocycles. The average molecular weight is 317 g/mol. The largest absolute Gasteiger partial charge is 0.487 e. The van der Waals surface area contributed by atoms with E-state index < -0.39 is 9.84 Å². The first-order valence-electron chi connectivity index (χ1n) is 6.85.